The highest BCUT2D eigenvalue weighted by Gasteiger charge is 2.21. The number of halogens is 1. The zero-order valence-electron chi connectivity index (χ0n) is 28.6. The van der Waals surface area contributed by atoms with Crippen LogP contribution in [0.1, 0.15) is 11.1 Å². The molecule has 0 bridgehead atoms. The lowest BCUT2D eigenvalue weighted by Crippen LogP contribution is -2.04. The molecule has 0 aliphatic heterocycles. The molecule has 54 heavy (non-hydrogen) atoms. The number of hydrogen-bond donors (Lipinski definition) is 0. The Kier molecular flexibility index (Phi) is 8.00. The minimum Gasteiger partial charge on any atom is -0.308 e. The van der Waals surface area contributed by atoms with Crippen LogP contribution in [-0.4, -0.2) is 19.5 Å². The highest BCUT2D eigenvalue weighted by molar-refractivity contribution is 6.10. The maximum atomic E-state index is 14.1. The summed E-state index contributed by atoms with van der Waals surface area (Å²) in [6.07, 6.45) is 0. The van der Waals surface area contributed by atoms with E-state index in [4.69, 9.17) is 15.0 Å². The number of nitrogens with zero attached hydrogens (tertiary/aromatic N) is 6. The number of fused-ring (bicyclic) bond motifs is 3. The molecule has 7 aromatic carbocycles. The van der Waals surface area contributed by atoms with Gasteiger partial charge in [0.15, 0.2) is 17.5 Å². The Hall–Kier alpha value is -7.74. The van der Waals surface area contributed by atoms with Crippen molar-refractivity contribution in [2.75, 3.05) is 0 Å². The molecule has 0 amide bonds. The van der Waals surface area contributed by atoms with Crippen LogP contribution in [0.2, 0.25) is 0 Å². The van der Waals surface area contributed by atoms with E-state index in [1.807, 2.05) is 91.0 Å². The monoisotopic (exact) mass is 694 g/mol. The summed E-state index contributed by atoms with van der Waals surface area (Å²) in [7, 11) is 0. The topological polar surface area (TPSA) is 91.2 Å². The van der Waals surface area contributed by atoms with E-state index in [-0.39, 0.29) is 5.82 Å². The fraction of sp³-hybridized carbons (Fsp3) is 0. The van der Waals surface area contributed by atoms with Crippen molar-refractivity contribution in [3.8, 4) is 74.2 Å². The molecule has 0 aliphatic rings. The molecular weight excluding hydrogens is 668 g/mol. The van der Waals surface area contributed by atoms with Gasteiger partial charge in [-0.3, -0.25) is 0 Å². The molecule has 0 atom stereocenters. The number of benzene rings is 7. The quantitative estimate of drug-likeness (QED) is 0.173. The number of aromatic nitrogens is 4. The molecule has 0 spiro atoms. The molecule has 0 radical (unpaired) electrons. The third kappa shape index (κ3) is 5.82. The maximum Gasteiger partial charge on any atom is 0.166 e. The minimum absolute atomic E-state index is 0.308. The van der Waals surface area contributed by atoms with Crippen molar-refractivity contribution in [3.63, 3.8) is 0 Å². The summed E-state index contributed by atoms with van der Waals surface area (Å²) in [5.74, 6) is 1.27. The lowest BCUT2D eigenvalue weighted by atomic mass is 9.99. The van der Waals surface area contributed by atoms with Crippen molar-refractivity contribution in [2.45, 2.75) is 0 Å². The highest BCUT2D eigenvalue weighted by Crippen LogP contribution is 2.40. The first-order valence-corrected chi connectivity index (χ1v) is 17.3. The Labute approximate surface area is 310 Å². The molecule has 252 valence electrons. The second-order valence-electron chi connectivity index (χ2n) is 12.9. The average molecular weight is 695 g/mol. The Bertz CT molecular complexity index is 2870. The zero-order chi connectivity index (χ0) is 36.6. The molecule has 9 aromatic rings. The standard InChI is InChI=1S/C47H27FN6/c48-38-19-15-32(16-20-38)35-18-22-41(47-52-45(33-9-3-1-4-10-33)51-46(53-47)34-11-5-2-6-12-34)44(26-35)54-42-14-8-7-13-39(42)40-21-17-36(27-43(40)54)37-24-30(28-49)23-31(25-37)29-50/h1-27H. The molecule has 7 heteroatoms. The average Bonchev–Trinajstić information content (AvgIpc) is 3.57. The lowest BCUT2D eigenvalue weighted by molar-refractivity contribution is 0.628. The SMILES string of the molecule is N#Cc1cc(C#N)cc(-c2ccc3c4ccccc4n(-c4cc(-c5ccc(F)cc5)ccc4-c4nc(-c5ccccc5)nc(-c5ccccc5)n4)c3c2)c1. The summed E-state index contributed by atoms with van der Waals surface area (Å²) in [5, 5.41) is 21.6. The van der Waals surface area contributed by atoms with Crippen LogP contribution < -0.4 is 0 Å². The van der Waals surface area contributed by atoms with E-state index in [9.17, 15) is 14.9 Å². The first kappa shape index (κ1) is 32.2. The van der Waals surface area contributed by atoms with E-state index in [1.54, 1.807) is 30.3 Å². The van der Waals surface area contributed by atoms with E-state index in [2.05, 4.69) is 47.0 Å². The van der Waals surface area contributed by atoms with Gasteiger partial charge in [0, 0.05) is 27.5 Å². The summed E-state index contributed by atoms with van der Waals surface area (Å²) >= 11 is 0. The van der Waals surface area contributed by atoms with Crippen LogP contribution in [0, 0.1) is 28.5 Å². The predicted molar refractivity (Wildman–Crippen MR) is 211 cm³/mol. The van der Waals surface area contributed by atoms with Gasteiger partial charge in [0.1, 0.15) is 5.82 Å². The third-order valence-electron chi connectivity index (χ3n) is 9.55. The summed E-state index contributed by atoms with van der Waals surface area (Å²) in [5.41, 5.74) is 9.37. The normalized spacial score (nSPS) is 11.0. The van der Waals surface area contributed by atoms with Crippen LogP contribution in [0.25, 0.3) is 83.9 Å². The van der Waals surface area contributed by atoms with Crippen LogP contribution in [0.5, 0.6) is 0 Å². The number of rotatable bonds is 6. The third-order valence-corrected chi connectivity index (χ3v) is 9.55. The highest BCUT2D eigenvalue weighted by atomic mass is 19.1. The molecule has 0 saturated heterocycles. The van der Waals surface area contributed by atoms with Crippen LogP contribution >= 0.6 is 0 Å². The predicted octanol–water partition coefficient (Wildman–Crippen LogP) is 11.2. The van der Waals surface area contributed by atoms with Crippen molar-refractivity contribution in [1.82, 2.24) is 19.5 Å². The van der Waals surface area contributed by atoms with Gasteiger partial charge in [-0.05, 0) is 76.9 Å². The fourth-order valence-electron chi connectivity index (χ4n) is 6.99. The lowest BCUT2D eigenvalue weighted by Gasteiger charge is -2.17. The number of para-hydroxylation sites is 1. The van der Waals surface area contributed by atoms with Crippen molar-refractivity contribution >= 4 is 21.8 Å². The minimum atomic E-state index is -0.308. The summed E-state index contributed by atoms with van der Waals surface area (Å²) < 4.78 is 16.3. The zero-order valence-corrected chi connectivity index (χ0v) is 28.6. The van der Waals surface area contributed by atoms with Gasteiger partial charge in [-0.25, -0.2) is 19.3 Å². The van der Waals surface area contributed by atoms with Gasteiger partial charge in [-0.15, -0.1) is 0 Å². The van der Waals surface area contributed by atoms with E-state index < -0.39 is 0 Å². The van der Waals surface area contributed by atoms with Crippen LogP contribution in [0.15, 0.2) is 164 Å². The largest absolute Gasteiger partial charge is 0.308 e. The summed E-state index contributed by atoms with van der Waals surface area (Å²) in [6, 6.07) is 56.3. The van der Waals surface area contributed by atoms with Crippen LogP contribution in [0.3, 0.4) is 0 Å². The second kappa shape index (κ2) is 13.4. The van der Waals surface area contributed by atoms with E-state index in [0.717, 1.165) is 66.4 Å². The molecule has 2 aromatic heterocycles. The first-order valence-electron chi connectivity index (χ1n) is 17.3. The van der Waals surface area contributed by atoms with Gasteiger partial charge in [-0.1, -0.05) is 109 Å². The van der Waals surface area contributed by atoms with Gasteiger partial charge in [0.25, 0.3) is 0 Å². The van der Waals surface area contributed by atoms with E-state index in [0.29, 0.717) is 28.6 Å². The van der Waals surface area contributed by atoms with Crippen molar-refractivity contribution < 1.29 is 4.39 Å². The van der Waals surface area contributed by atoms with Gasteiger partial charge >= 0.3 is 0 Å². The van der Waals surface area contributed by atoms with Crippen molar-refractivity contribution in [1.29, 1.82) is 10.5 Å². The van der Waals surface area contributed by atoms with E-state index >= 15 is 0 Å². The smallest absolute Gasteiger partial charge is 0.166 e. The fourth-order valence-corrected chi connectivity index (χ4v) is 6.99. The number of hydrogen-bond acceptors (Lipinski definition) is 5. The molecule has 0 fully saturated rings. The molecule has 9 rings (SSSR count). The van der Waals surface area contributed by atoms with Gasteiger partial charge in [0.2, 0.25) is 0 Å². The molecule has 2 heterocycles. The summed E-state index contributed by atoms with van der Waals surface area (Å²) in [4.78, 5) is 15.1. The second-order valence-corrected chi connectivity index (χ2v) is 12.9. The first-order chi connectivity index (χ1) is 26.6. The molecule has 0 aliphatic carbocycles. The van der Waals surface area contributed by atoms with Crippen molar-refractivity contribution in [3.05, 3.63) is 181 Å². The Balaban J connectivity index is 1.36. The molecule has 6 nitrogen and oxygen atoms in total. The van der Waals surface area contributed by atoms with Gasteiger partial charge in [-0.2, -0.15) is 10.5 Å². The molecule has 0 N–H and O–H groups in total. The Morgan fingerprint density at radius 3 is 1.61 bits per heavy atom. The van der Waals surface area contributed by atoms with Crippen molar-refractivity contribution in [2.24, 2.45) is 0 Å². The maximum absolute atomic E-state index is 14.1. The van der Waals surface area contributed by atoms with Gasteiger partial charge < -0.3 is 4.57 Å². The molecule has 0 unspecified atom stereocenters. The Morgan fingerprint density at radius 1 is 0.426 bits per heavy atom. The number of nitriles is 2. The van der Waals surface area contributed by atoms with Crippen LogP contribution in [0.4, 0.5) is 4.39 Å². The molecular formula is C47H27FN6. The van der Waals surface area contributed by atoms with E-state index in [1.165, 1.54) is 12.1 Å². The van der Waals surface area contributed by atoms with Gasteiger partial charge in [0.05, 0.1) is 40.0 Å². The molecule has 0 saturated carbocycles. The van der Waals surface area contributed by atoms with Crippen LogP contribution in [-0.2, 0) is 0 Å². The summed E-state index contributed by atoms with van der Waals surface area (Å²) in [6.45, 7) is 0. The Morgan fingerprint density at radius 2 is 0.963 bits per heavy atom.